The Kier molecular flexibility index (Phi) is 3.64. The molecule has 0 aromatic carbocycles. The van der Waals surface area contributed by atoms with E-state index in [0.717, 1.165) is 5.69 Å². The van der Waals surface area contributed by atoms with Crippen molar-refractivity contribution in [3.05, 3.63) is 22.1 Å². The first-order valence-corrected chi connectivity index (χ1v) is 6.61. The molecule has 0 radical (unpaired) electrons. The third-order valence-electron chi connectivity index (χ3n) is 3.12. The summed E-state index contributed by atoms with van der Waals surface area (Å²) in [7, 11) is 0. The maximum absolute atomic E-state index is 12.0. The highest BCUT2D eigenvalue weighted by molar-refractivity contribution is 5.68. The standard InChI is InChI=1S/C13H21N3O4/c1-8-5-11(18)16(14-8)9-6-15(7-10(9)17)12(19)20-13(2,3)4/h5,9-10,14,17H,6-7H2,1-4H3/t9-,10-/m0/s1. The summed E-state index contributed by atoms with van der Waals surface area (Å²) >= 11 is 0. The molecular weight excluding hydrogens is 262 g/mol. The summed E-state index contributed by atoms with van der Waals surface area (Å²) in [6, 6.07) is 0.992. The summed E-state index contributed by atoms with van der Waals surface area (Å²) in [6.45, 7) is 7.53. The van der Waals surface area contributed by atoms with Crippen LogP contribution >= 0.6 is 0 Å². The number of carbonyl (C=O) groups is 1. The minimum absolute atomic E-state index is 0.157. The van der Waals surface area contributed by atoms with E-state index in [4.69, 9.17) is 4.74 Å². The molecule has 1 aliphatic rings. The van der Waals surface area contributed by atoms with Crippen molar-refractivity contribution in [2.75, 3.05) is 13.1 Å². The Hall–Kier alpha value is -1.76. The highest BCUT2D eigenvalue weighted by atomic mass is 16.6. The first-order chi connectivity index (χ1) is 9.17. The van der Waals surface area contributed by atoms with Crippen molar-refractivity contribution in [3.63, 3.8) is 0 Å². The van der Waals surface area contributed by atoms with Crippen molar-refractivity contribution in [2.24, 2.45) is 0 Å². The van der Waals surface area contributed by atoms with Crippen LogP contribution in [-0.2, 0) is 4.74 Å². The SMILES string of the molecule is Cc1cc(=O)n([C@H]2CN(C(=O)OC(C)(C)C)C[C@@H]2O)[nH]1. The lowest BCUT2D eigenvalue weighted by Crippen LogP contribution is -2.36. The van der Waals surface area contributed by atoms with Crippen molar-refractivity contribution in [1.29, 1.82) is 0 Å². The smallest absolute Gasteiger partial charge is 0.410 e. The first kappa shape index (κ1) is 14.6. The molecule has 1 saturated heterocycles. The molecule has 0 spiro atoms. The van der Waals surface area contributed by atoms with Crippen LogP contribution in [-0.4, -0.2) is 50.7 Å². The molecule has 7 heteroatoms. The lowest BCUT2D eigenvalue weighted by Gasteiger charge is -2.24. The fourth-order valence-electron chi connectivity index (χ4n) is 2.28. The summed E-state index contributed by atoms with van der Waals surface area (Å²) < 4.78 is 6.63. The predicted octanol–water partition coefficient (Wildman–Crippen LogP) is 0.638. The maximum Gasteiger partial charge on any atom is 0.410 e. The average molecular weight is 283 g/mol. The minimum atomic E-state index is -0.793. The molecular formula is C13H21N3O4. The first-order valence-electron chi connectivity index (χ1n) is 6.61. The minimum Gasteiger partial charge on any atom is -0.444 e. The van der Waals surface area contributed by atoms with E-state index in [9.17, 15) is 14.7 Å². The van der Waals surface area contributed by atoms with Crippen LogP contribution in [0.25, 0.3) is 0 Å². The quantitative estimate of drug-likeness (QED) is 0.791. The molecule has 7 nitrogen and oxygen atoms in total. The van der Waals surface area contributed by atoms with Crippen LogP contribution in [0.4, 0.5) is 4.79 Å². The van der Waals surface area contributed by atoms with Crippen LogP contribution in [0.15, 0.2) is 10.9 Å². The van der Waals surface area contributed by atoms with Gasteiger partial charge in [-0.2, -0.15) is 0 Å². The highest BCUT2D eigenvalue weighted by Crippen LogP contribution is 2.22. The average Bonchev–Trinajstić information content (AvgIpc) is 2.79. The summed E-state index contributed by atoms with van der Waals surface area (Å²) in [5, 5.41) is 13.0. The number of likely N-dealkylation sites (tertiary alicyclic amines) is 1. The number of aromatic amines is 1. The zero-order valence-corrected chi connectivity index (χ0v) is 12.2. The lowest BCUT2D eigenvalue weighted by molar-refractivity contribution is 0.0270. The normalized spacial score (nSPS) is 23.1. The van der Waals surface area contributed by atoms with Crippen LogP contribution in [0.2, 0.25) is 0 Å². The third-order valence-corrected chi connectivity index (χ3v) is 3.12. The molecule has 20 heavy (non-hydrogen) atoms. The number of amides is 1. The Morgan fingerprint density at radius 1 is 1.45 bits per heavy atom. The molecule has 1 aromatic rings. The van der Waals surface area contributed by atoms with Crippen molar-refractivity contribution in [2.45, 2.75) is 45.4 Å². The van der Waals surface area contributed by atoms with Gasteiger partial charge in [0.25, 0.3) is 5.56 Å². The van der Waals surface area contributed by atoms with Gasteiger partial charge < -0.3 is 14.7 Å². The topological polar surface area (TPSA) is 87.6 Å². The number of aryl methyl sites for hydroxylation is 1. The van der Waals surface area contributed by atoms with Gasteiger partial charge in [-0.3, -0.25) is 9.89 Å². The van der Waals surface area contributed by atoms with E-state index in [1.54, 1.807) is 27.7 Å². The summed E-state index contributed by atoms with van der Waals surface area (Å²) in [5.74, 6) is 0. The Morgan fingerprint density at radius 3 is 2.60 bits per heavy atom. The van der Waals surface area contributed by atoms with E-state index in [1.165, 1.54) is 15.6 Å². The molecule has 0 aliphatic carbocycles. The number of hydrogen-bond acceptors (Lipinski definition) is 4. The number of nitrogens with zero attached hydrogens (tertiary/aromatic N) is 2. The van der Waals surface area contributed by atoms with Gasteiger partial charge in [0.1, 0.15) is 5.60 Å². The zero-order chi connectivity index (χ0) is 15.1. The second-order valence-corrected chi connectivity index (χ2v) is 6.17. The van der Waals surface area contributed by atoms with Crippen molar-refractivity contribution in [1.82, 2.24) is 14.7 Å². The molecule has 1 aliphatic heterocycles. The second-order valence-electron chi connectivity index (χ2n) is 6.17. The van der Waals surface area contributed by atoms with Gasteiger partial charge in [-0.05, 0) is 27.7 Å². The second kappa shape index (κ2) is 4.97. The van der Waals surface area contributed by atoms with Gasteiger partial charge in [-0.25, -0.2) is 9.48 Å². The Bertz CT molecular complexity index is 555. The van der Waals surface area contributed by atoms with Gasteiger partial charge in [0.15, 0.2) is 0 Å². The predicted molar refractivity (Wildman–Crippen MR) is 72.6 cm³/mol. The van der Waals surface area contributed by atoms with Crippen LogP contribution in [0.3, 0.4) is 0 Å². The van der Waals surface area contributed by atoms with Crippen LogP contribution < -0.4 is 5.56 Å². The van der Waals surface area contributed by atoms with E-state index in [-0.39, 0.29) is 18.6 Å². The third kappa shape index (κ3) is 3.04. The monoisotopic (exact) mass is 283 g/mol. The fraction of sp³-hybridized carbons (Fsp3) is 0.692. The number of aromatic nitrogens is 2. The van der Waals surface area contributed by atoms with E-state index in [0.29, 0.717) is 0 Å². The molecule has 0 saturated carbocycles. The maximum atomic E-state index is 12.0. The van der Waals surface area contributed by atoms with E-state index < -0.39 is 23.8 Å². The molecule has 1 amide bonds. The largest absolute Gasteiger partial charge is 0.444 e. The molecule has 2 rings (SSSR count). The summed E-state index contributed by atoms with van der Waals surface area (Å²) in [6.07, 6.45) is -1.27. The van der Waals surface area contributed by atoms with Gasteiger partial charge in [-0.15, -0.1) is 0 Å². The molecule has 1 fully saturated rings. The molecule has 0 bridgehead atoms. The van der Waals surface area contributed by atoms with Crippen molar-refractivity contribution in [3.8, 4) is 0 Å². The van der Waals surface area contributed by atoms with Gasteiger partial charge in [0, 0.05) is 18.3 Å². The van der Waals surface area contributed by atoms with Crippen LogP contribution in [0, 0.1) is 6.92 Å². The summed E-state index contributed by atoms with van der Waals surface area (Å²) in [4.78, 5) is 25.2. The number of carbonyl (C=O) groups excluding carboxylic acids is 1. The summed E-state index contributed by atoms with van der Waals surface area (Å²) in [5.41, 5.74) is -0.0736. The van der Waals surface area contributed by atoms with Gasteiger partial charge in [0.05, 0.1) is 18.7 Å². The van der Waals surface area contributed by atoms with Gasteiger partial charge in [-0.1, -0.05) is 0 Å². The molecule has 2 heterocycles. The molecule has 0 unspecified atom stereocenters. The van der Waals surface area contributed by atoms with Crippen LogP contribution in [0.5, 0.6) is 0 Å². The Balaban J connectivity index is 2.11. The Labute approximate surface area is 117 Å². The molecule has 2 N–H and O–H groups in total. The number of hydrogen-bond donors (Lipinski definition) is 2. The molecule has 112 valence electrons. The highest BCUT2D eigenvalue weighted by Gasteiger charge is 2.38. The number of aliphatic hydroxyl groups is 1. The fourth-order valence-corrected chi connectivity index (χ4v) is 2.28. The number of β-amino-alcohol motifs (C(OH)–C–C–N with tert-alkyl or cyclic N) is 1. The number of H-pyrrole nitrogens is 1. The zero-order valence-electron chi connectivity index (χ0n) is 12.2. The van der Waals surface area contributed by atoms with Crippen molar-refractivity contribution >= 4 is 6.09 Å². The van der Waals surface area contributed by atoms with Gasteiger partial charge in [0.2, 0.25) is 0 Å². The van der Waals surface area contributed by atoms with E-state index in [1.807, 2.05) is 0 Å². The molecule has 1 aromatic heterocycles. The molecule has 2 atom stereocenters. The van der Waals surface area contributed by atoms with Gasteiger partial charge >= 0.3 is 6.09 Å². The van der Waals surface area contributed by atoms with E-state index >= 15 is 0 Å². The number of aliphatic hydroxyl groups excluding tert-OH is 1. The number of nitrogens with one attached hydrogen (secondary N) is 1. The van der Waals surface area contributed by atoms with Crippen LogP contribution in [0.1, 0.15) is 32.5 Å². The lowest BCUT2D eigenvalue weighted by atomic mass is 10.2. The number of rotatable bonds is 1. The number of ether oxygens (including phenoxy) is 1. The van der Waals surface area contributed by atoms with Crippen molar-refractivity contribution < 1.29 is 14.6 Å². The van der Waals surface area contributed by atoms with E-state index in [2.05, 4.69) is 5.10 Å². The Morgan fingerprint density at radius 2 is 2.10 bits per heavy atom.